The second-order valence-electron chi connectivity index (χ2n) is 4.97. The number of benzene rings is 1. The zero-order chi connectivity index (χ0) is 14.8. The molecule has 1 aliphatic heterocycles. The van der Waals surface area contributed by atoms with Crippen molar-refractivity contribution in [3.8, 4) is 0 Å². The molecule has 2 heterocycles. The van der Waals surface area contributed by atoms with Gasteiger partial charge in [-0.1, -0.05) is 24.3 Å². The summed E-state index contributed by atoms with van der Waals surface area (Å²) in [4.78, 5) is 28.2. The summed E-state index contributed by atoms with van der Waals surface area (Å²) >= 11 is 0. The monoisotopic (exact) mass is 282 g/mol. The van der Waals surface area contributed by atoms with Crippen molar-refractivity contribution < 1.29 is 14.3 Å². The molecule has 0 fully saturated rings. The van der Waals surface area contributed by atoms with Gasteiger partial charge in [0.2, 0.25) is 0 Å². The van der Waals surface area contributed by atoms with E-state index in [9.17, 15) is 9.59 Å². The predicted octanol–water partition coefficient (Wildman–Crippen LogP) is 2.11. The maximum atomic E-state index is 12.2. The van der Waals surface area contributed by atoms with Crippen molar-refractivity contribution in [2.24, 2.45) is 0 Å². The average molecular weight is 282 g/mol. The van der Waals surface area contributed by atoms with E-state index in [1.807, 2.05) is 25.1 Å². The van der Waals surface area contributed by atoms with E-state index in [1.54, 1.807) is 24.4 Å². The topological polar surface area (TPSA) is 68.3 Å². The molecule has 3 rings (SSSR count). The molecule has 1 N–H and O–H groups in total. The van der Waals surface area contributed by atoms with E-state index in [0.717, 1.165) is 11.1 Å². The Morgan fingerprint density at radius 2 is 2.10 bits per heavy atom. The summed E-state index contributed by atoms with van der Waals surface area (Å²) in [5.41, 5.74) is 2.35. The molecule has 0 spiro atoms. The van der Waals surface area contributed by atoms with E-state index < -0.39 is 12.1 Å². The van der Waals surface area contributed by atoms with Crippen molar-refractivity contribution in [3.05, 3.63) is 59.3 Å². The Bertz CT molecular complexity index is 695. The lowest BCUT2D eigenvalue weighted by Crippen LogP contribution is -2.38. The van der Waals surface area contributed by atoms with Crippen molar-refractivity contribution in [2.45, 2.75) is 19.4 Å². The number of rotatable bonds is 2. The number of aryl methyl sites for hydroxylation is 1. The molecule has 2 aromatic rings. The molecular weight excluding hydrogens is 268 g/mol. The van der Waals surface area contributed by atoms with Gasteiger partial charge >= 0.3 is 5.97 Å². The van der Waals surface area contributed by atoms with Gasteiger partial charge in [-0.3, -0.25) is 4.79 Å². The number of esters is 1. The van der Waals surface area contributed by atoms with E-state index in [2.05, 4.69) is 10.3 Å². The molecular formula is C16H14N2O3. The van der Waals surface area contributed by atoms with Crippen LogP contribution in [0.15, 0.2) is 42.6 Å². The van der Waals surface area contributed by atoms with Crippen molar-refractivity contribution in [3.63, 3.8) is 0 Å². The summed E-state index contributed by atoms with van der Waals surface area (Å²) in [7, 11) is 0. The van der Waals surface area contributed by atoms with Crippen LogP contribution in [0.3, 0.4) is 0 Å². The molecule has 1 aliphatic rings. The summed E-state index contributed by atoms with van der Waals surface area (Å²) in [6.07, 6.45) is 1.22. The minimum Gasteiger partial charge on any atom is -0.448 e. The van der Waals surface area contributed by atoms with Crippen LogP contribution in [0.5, 0.6) is 0 Å². The Morgan fingerprint density at radius 3 is 2.86 bits per heavy atom. The number of pyridine rings is 1. The number of cyclic esters (lactones) is 1. The van der Waals surface area contributed by atoms with Crippen molar-refractivity contribution in [1.29, 1.82) is 0 Å². The fraction of sp³-hybridized carbons (Fsp3) is 0.188. The Labute approximate surface area is 122 Å². The van der Waals surface area contributed by atoms with E-state index in [4.69, 9.17) is 4.74 Å². The molecule has 0 bridgehead atoms. The number of fused-ring (bicyclic) bond motifs is 1. The molecule has 1 unspecified atom stereocenters. The van der Waals surface area contributed by atoms with E-state index in [0.29, 0.717) is 17.8 Å². The van der Waals surface area contributed by atoms with Gasteiger partial charge in [-0.15, -0.1) is 0 Å². The predicted molar refractivity (Wildman–Crippen MR) is 77.0 cm³/mol. The molecule has 0 saturated heterocycles. The molecule has 1 aromatic carbocycles. The molecule has 1 atom stereocenters. The molecule has 21 heavy (non-hydrogen) atoms. The zero-order valence-electron chi connectivity index (χ0n) is 11.5. The van der Waals surface area contributed by atoms with Gasteiger partial charge < -0.3 is 10.1 Å². The van der Waals surface area contributed by atoms with Gasteiger partial charge in [0.25, 0.3) is 5.91 Å². The van der Waals surface area contributed by atoms with Gasteiger partial charge in [0.15, 0.2) is 6.10 Å². The van der Waals surface area contributed by atoms with Crippen molar-refractivity contribution in [1.82, 2.24) is 4.98 Å². The number of nitrogens with one attached hydrogen (secondary N) is 1. The second-order valence-corrected chi connectivity index (χ2v) is 4.97. The largest absolute Gasteiger partial charge is 0.448 e. The van der Waals surface area contributed by atoms with Gasteiger partial charge in [0.1, 0.15) is 5.82 Å². The Hall–Kier alpha value is -2.69. The SMILES string of the molecule is Cc1ccc(NC(=O)C2Cc3ccccc3C(=O)O2)nc1. The highest BCUT2D eigenvalue weighted by molar-refractivity contribution is 5.99. The maximum absolute atomic E-state index is 12.2. The van der Waals surface area contributed by atoms with Gasteiger partial charge in [-0.05, 0) is 30.2 Å². The molecule has 0 aliphatic carbocycles. The molecule has 0 saturated carbocycles. The zero-order valence-corrected chi connectivity index (χ0v) is 11.5. The van der Waals surface area contributed by atoms with E-state index >= 15 is 0 Å². The van der Waals surface area contributed by atoms with Crippen LogP contribution in [0.2, 0.25) is 0 Å². The first-order valence-corrected chi connectivity index (χ1v) is 6.66. The highest BCUT2D eigenvalue weighted by Crippen LogP contribution is 2.21. The van der Waals surface area contributed by atoms with E-state index in [1.165, 1.54) is 0 Å². The minimum absolute atomic E-state index is 0.366. The number of nitrogens with zero attached hydrogens (tertiary/aromatic N) is 1. The summed E-state index contributed by atoms with van der Waals surface area (Å²) in [6, 6.07) is 10.7. The summed E-state index contributed by atoms with van der Waals surface area (Å²) < 4.78 is 5.19. The van der Waals surface area contributed by atoms with E-state index in [-0.39, 0.29) is 5.91 Å². The number of carbonyl (C=O) groups is 2. The summed E-state index contributed by atoms with van der Waals surface area (Å²) in [5, 5.41) is 2.66. The summed E-state index contributed by atoms with van der Waals surface area (Å²) in [5.74, 6) is -0.386. The van der Waals surface area contributed by atoms with Crippen LogP contribution >= 0.6 is 0 Å². The third-order valence-corrected chi connectivity index (χ3v) is 3.35. The fourth-order valence-electron chi connectivity index (χ4n) is 2.23. The molecule has 5 heteroatoms. The van der Waals surface area contributed by atoms with Gasteiger partial charge in [-0.2, -0.15) is 0 Å². The number of anilines is 1. The first-order valence-electron chi connectivity index (χ1n) is 6.66. The highest BCUT2D eigenvalue weighted by atomic mass is 16.5. The summed E-state index contributed by atoms with van der Waals surface area (Å²) in [6.45, 7) is 1.92. The maximum Gasteiger partial charge on any atom is 0.339 e. The van der Waals surface area contributed by atoms with Crippen LogP contribution in [0.1, 0.15) is 21.5 Å². The molecule has 106 valence electrons. The third kappa shape index (κ3) is 2.76. The first kappa shape index (κ1) is 13.3. The molecule has 1 aromatic heterocycles. The van der Waals surface area contributed by atoms with Gasteiger partial charge in [0.05, 0.1) is 5.56 Å². The Morgan fingerprint density at radius 1 is 1.29 bits per heavy atom. The normalized spacial score (nSPS) is 16.8. The van der Waals surface area contributed by atoms with Crippen LogP contribution in [0.4, 0.5) is 5.82 Å². The van der Waals surface area contributed by atoms with Crippen LogP contribution < -0.4 is 5.32 Å². The quantitative estimate of drug-likeness (QED) is 0.857. The van der Waals surface area contributed by atoms with Crippen molar-refractivity contribution in [2.75, 3.05) is 5.32 Å². The lowest BCUT2D eigenvalue weighted by atomic mass is 9.98. The average Bonchev–Trinajstić information content (AvgIpc) is 2.49. The third-order valence-electron chi connectivity index (χ3n) is 3.35. The smallest absolute Gasteiger partial charge is 0.339 e. The lowest BCUT2D eigenvalue weighted by molar-refractivity contribution is -0.125. The second kappa shape index (κ2) is 5.36. The Kier molecular flexibility index (Phi) is 3.39. The van der Waals surface area contributed by atoms with Gasteiger partial charge in [0, 0.05) is 12.6 Å². The fourth-order valence-corrected chi connectivity index (χ4v) is 2.23. The van der Waals surface area contributed by atoms with Crippen molar-refractivity contribution >= 4 is 17.7 Å². The number of carbonyl (C=O) groups excluding carboxylic acids is 2. The lowest BCUT2D eigenvalue weighted by Gasteiger charge is -2.23. The number of aromatic nitrogens is 1. The molecule has 0 radical (unpaired) electrons. The van der Waals surface area contributed by atoms with Crippen LogP contribution in [0.25, 0.3) is 0 Å². The Balaban J connectivity index is 1.75. The van der Waals surface area contributed by atoms with Crippen LogP contribution in [-0.4, -0.2) is 23.0 Å². The number of ether oxygens (including phenoxy) is 1. The highest BCUT2D eigenvalue weighted by Gasteiger charge is 2.31. The number of hydrogen-bond acceptors (Lipinski definition) is 4. The standard InChI is InChI=1S/C16H14N2O3/c1-10-6-7-14(17-9-10)18-15(19)13-8-11-4-2-3-5-12(11)16(20)21-13/h2-7,9,13H,8H2,1H3,(H,17,18,19). The molecule has 1 amide bonds. The number of amides is 1. The van der Waals surface area contributed by atoms with Gasteiger partial charge in [-0.25, -0.2) is 9.78 Å². The van der Waals surface area contributed by atoms with Crippen LogP contribution in [-0.2, 0) is 16.0 Å². The first-order chi connectivity index (χ1) is 10.1. The minimum atomic E-state index is -0.824. The van der Waals surface area contributed by atoms with Crippen LogP contribution in [0, 0.1) is 6.92 Å². The molecule has 5 nitrogen and oxygen atoms in total. The number of hydrogen-bond donors (Lipinski definition) is 1.